The highest BCUT2D eigenvalue weighted by Gasteiger charge is 2.21. The molecule has 2 N–H and O–H groups in total. The molecule has 1 aliphatic heterocycles. The van der Waals surface area contributed by atoms with Crippen LogP contribution in [0.4, 0.5) is 0 Å². The van der Waals surface area contributed by atoms with E-state index in [1.54, 1.807) is 0 Å². The Kier molecular flexibility index (Phi) is 3.09. The van der Waals surface area contributed by atoms with Crippen molar-refractivity contribution in [2.45, 2.75) is 6.92 Å². The van der Waals surface area contributed by atoms with Crippen LogP contribution in [-0.2, 0) is 0 Å². The van der Waals surface area contributed by atoms with E-state index in [1.165, 1.54) is 0 Å². The van der Waals surface area contributed by atoms with Crippen LogP contribution in [0.5, 0.6) is 0 Å². The fourth-order valence-electron chi connectivity index (χ4n) is 0.946. The molecule has 0 amide bonds. The van der Waals surface area contributed by atoms with E-state index in [-0.39, 0.29) is 6.98 Å². The average molecular weight is 149 g/mol. The van der Waals surface area contributed by atoms with Crippen molar-refractivity contribution in [2.75, 3.05) is 0 Å². The highest BCUT2D eigenvalue weighted by molar-refractivity contribution is 6.83. The SMILES string of the molecule is CC#CB1NBNBN1[SiH3]. The minimum atomic E-state index is 0.290. The first-order chi connectivity index (χ1) is 4.84. The van der Waals surface area contributed by atoms with E-state index in [2.05, 4.69) is 26.4 Å². The van der Waals surface area contributed by atoms with Crippen molar-refractivity contribution in [3.05, 3.63) is 0 Å². The van der Waals surface area contributed by atoms with E-state index in [9.17, 15) is 0 Å². The van der Waals surface area contributed by atoms with Gasteiger partial charge in [-0.25, -0.2) is 0 Å². The average Bonchev–Trinajstić information content (AvgIpc) is 1.94. The summed E-state index contributed by atoms with van der Waals surface area (Å²) < 4.78 is 2.26. The van der Waals surface area contributed by atoms with Crippen molar-refractivity contribution < 1.29 is 0 Å². The van der Waals surface area contributed by atoms with Crippen LogP contribution >= 0.6 is 0 Å². The zero-order valence-electron chi connectivity index (χ0n) is 6.44. The largest absolute Gasteiger partial charge is 0.379 e. The summed E-state index contributed by atoms with van der Waals surface area (Å²) in [4.78, 5) is 0. The predicted molar refractivity (Wildman–Crippen MR) is 51.6 cm³/mol. The second kappa shape index (κ2) is 3.89. The lowest BCUT2D eigenvalue weighted by Gasteiger charge is -2.26. The molecular formula is C3H10B3N3Si. The van der Waals surface area contributed by atoms with Gasteiger partial charge < -0.3 is 14.7 Å². The van der Waals surface area contributed by atoms with Crippen LogP contribution in [0.2, 0.25) is 0 Å². The lowest BCUT2D eigenvalue weighted by Crippen LogP contribution is -2.64. The Morgan fingerprint density at radius 3 is 3.10 bits per heavy atom. The summed E-state index contributed by atoms with van der Waals surface area (Å²) in [7, 11) is 2.90. The molecule has 1 heterocycles. The van der Waals surface area contributed by atoms with Crippen molar-refractivity contribution in [3.63, 3.8) is 0 Å². The summed E-state index contributed by atoms with van der Waals surface area (Å²) in [6, 6.07) is 0. The molecule has 1 fully saturated rings. The molecule has 0 saturated carbocycles. The number of nitrogens with zero attached hydrogens (tertiary/aromatic N) is 1. The number of rotatable bonds is 0. The molecular weight excluding hydrogens is 139 g/mol. The highest BCUT2D eigenvalue weighted by atomic mass is 28.2. The van der Waals surface area contributed by atoms with Gasteiger partial charge in [0.15, 0.2) is 0 Å². The molecule has 0 aromatic heterocycles. The molecule has 3 nitrogen and oxygen atoms in total. The third-order valence-electron chi connectivity index (χ3n) is 1.50. The molecule has 0 aliphatic carbocycles. The van der Waals surface area contributed by atoms with Gasteiger partial charge >= 0.3 is 6.98 Å². The monoisotopic (exact) mass is 149 g/mol. The smallest absolute Gasteiger partial charge is 0.368 e. The summed E-state index contributed by atoms with van der Waals surface area (Å²) >= 11 is 0. The molecule has 0 aromatic carbocycles. The van der Waals surface area contributed by atoms with Crippen LogP contribution < -0.4 is 10.3 Å². The minimum Gasteiger partial charge on any atom is -0.379 e. The lowest BCUT2D eigenvalue weighted by molar-refractivity contribution is 1.01. The maximum atomic E-state index is 3.25. The Morgan fingerprint density at radius 2 is 2.50 bits per heavy atom. The molecule has 1 saturated heterocycles. The zero-order chi connectivity index (χ0) is 7.40. The van der Waals surface area contributed by atoms with Gasteiger partial charge in [0.25, 0.3) is 15.1 Å². The third kappa shape index (κ3) is 1.92. The van der Waals surface area contributed by atoms with Crippen LogP contribution in [0.25, 0.3) is 0 Å². The van der Waals surface area contributed by atoms with Gasteiger partial charge in [0.05, 0.1) is 10.4 Å². The van der Waals surface area contributed by atoms with Crippen LogP contribution in [-0.4, -0.2) is 36.9 Å². The zero-order valence-corrected chi connectivity index (χ0v) is 8.44. The topological polar surface area (TPSA) is 27.3 Å². The number of hydrogen-bond acceptors (Lipinski definition) is 3. The van der Waals surface area contributed by atoms with Crippen molar-refractivity contribution in [1.82, 2.24) is 14.7 Å². The fraction of sp³-hybridized carbons (Fsp3) is 0.333. The third-order valence-corrected chi connectivity index (χ3v) is 2.34. The highest BCUT2D eigenvalue weighted by Crippen LogP contribution is 1.82. The van der Waals surface area contributed by atoms with Crippen LogP contribution in [0.15, 0.2) is 0 Å². The van der Waals surface area contributed by atoms with Gasteiger partial charge in [0.1, 0.15) is 0 Å². The van der Waals surface area contributed by atoms with Gasteiger partial charge in [-0.15, -0.1) is 11.7 Å². The normalized spacial score (nSPS) is 18.7. The molecule has 1 aliphatic rings. The van der Waals surface area contributed by atoms with Crippen molar-refractivity contribution in [3.8, 4) is 11.7 Å². The van der Waals surface area contributed by atoms with Crippen LogP contribution in [0.3, 0.4) is 0 Å². The molecule has 0 unspecified atom stereocenters. The Morgan fingerprint density at radius 1 is 1.70 bits per heavy atom. The second-order valence-electron chi connectivity index (χ2n) is 2.34. The molecule has 0 spiro atoms. The van der Waals surface area contributed by atoms with Gasteiger partial charge in [0.2, 0.25) is 0 Å². The molecule has 1 rings (SSSR count). The summed E-state index contributed by atoms with van der Waals surface area (Å²) in [6.07, 6.45) is 0. The van der Waals surface area contributed by atoms with Gasteiger partial charge in [-0.05, 0) is 6.92 Å². The van der Waals surface area contributed by atoms with Crippen molar-refractivity contribution >= 4 is 32.5 Å². The molecule has 10 heavy (non-hydrogen) atoms. The number of nitrogens with one attached hydrogen (secondary N) is 2. The number of hydrogen-bond donors (Lipinski definition) is 2. The maximum absolute atomic E-state index is 3.25. The Balaban J connectivity index is 2.45. The van der Waals surface area contributed by atoms with Gasteiger partial charge in [-0.2, -0.15) is 0 Å². The van der Waals surface area contributed by atoms with Gasteiger partial charge in [-0.3, -0.25) is 0 Å². The van der Waals surface area contributed by atoms with E-state index in [1.807, 2.05) is 6.92 Å². The van der Waals surface area contributed by atoms with E-state index in [4.69, 9.17) is 0 Å². The minimum absolute atomic E-state index is 0.290. The molecule has 0 radical (unpaired) electrons. The van der Waals surface area contributed by atoms with Crippen molar-refractivity contribution in [1.29, 1.82) is 0 Å². The van der Waals surface area contributed by atoms with E-state index in [0.29, 0.717) is 0 Å². The summed E-state index contributed by atoms with van der Waals surface area (Å²) in [5, 5.41) is 6.45. The first kappa shape index (κ1) is 7.95. The molecule has 0 bridgehead atoms. The summed E-state index contributed by atoms with van der Waals surface area (Å²) in [5.41, 5.74) is 0. The first-order valence-corrected chi connectivity index (χ1v) is 4.30. The maximum Gasteiger partial charge on any atom is 0.368 e. The van der Waals surface area contributed by atoms with Gasteiger partial charge in [-0.1, -0.05) is 0 Å². The second-order valence-corrected chi connectivity index (χ2v) is 3.49. The summed E-state index contributed by atoms with van der Waals surface area (Å²) in [5.74, 6) is 6.00. The Bertz CT molecular complexity index is 166. The molecule has 50 valence electrons. The predicted octanol–water partition coefficient (Wildman–Crippen LogP) is -3.65. The fourth-order valence-corrected chi connectivity index (χ4v) is 1.48. The first-order valence-electron chi connectivity index (χ1n) is 3.41. The van der Waals surface area contributed by atoms with Crippen LogP contribution in [0.1, 0.15) is 6.92 Å². The van der Waals surface area contributed by atoms with Crippen molar-refractivity contribution in [2.24, 2.45) is 0 Å². The van der Waals surface area contributed by atoms with Gasteiger partial charge in [0, 0.05) is 0 Å². The lowest BCUT2D eigenvalue weighted by atomic mass is 9.66. The quantitative estimate of drug-likeness (QED) is 0.274. The van der Waals surface area contributed by atoms with Crippen LogP contribution in [0, 0.1) is 11.7 Å². The summed E-state index contributed by atoms with van der Waals surface area (Å²) in [6.45, 7) is 2.16. The Labute approximate surface area is 66.5 Å². The Hall–Kier alpha value is -0.148. The van der Waals surface area contributed by atoms with E-state index < -0.39 is 0 Å². The molecule has 0 atom stereocenters. The standard InChI is InChI=1S/C3H10B3N3Si/c1-2-3-6-8-4-7-5-9(6)10/h4-5,7-8H,1,10H3. The molecule has 7 heteroatoms. The van der Waals surface area contributed by atoms with E-state index in [0.717, 1.165) is 25.5 Å². The molecule has 0 aromatic rings. The van der Waals surface area contributed by atoms with E-state index >= 15 is 0 Å².